The Bertz CT molecular complexity index is 424. The van der Waals surface area contributed by atoms with Crippen molar-refractivity contribution in [1.82, 2.24) is 0 Å². The van der Waals surface area contributed by atoms with Crippen molar-refractivity contribution in [2.24, 2.45) is 16.8 Å². The molecule has 0 radical (unpaired) electrons. The van der Waals surface area contributed by atoms with Gasteiger partial charge in [0.05, 0.1) is 5.69 Å². The van der Waals surface area contributed by atoms with Gasteiger partial charge in [0.1, 0.15) is 0 Å². The highest BCUT2D eigenvalue weighted by Gasteiger charge is 2.03. The number of benzene rings is 1. The fraction of sp³-hybridized carbons (Fsp3) is 0.500. The lowest BCUT2D eigenvalue weighted by Gasteiger charge is -2.09. The molecule has 0 aliphatic rings. The molecule has 0 amide bonds. The second-order valence-electron chi connectivity index (χ2n) is 6.13. The first-order valence-electron chi connectivity index (χ1n) is 7.27. The largest absolute Gasteiger partial charge is 0.253 e. The predicted molar refractivity (Wildman–Crippen MR) is 86.2 cm³/mol. The van der Waals surface area contributed by atoms with Crippen molar-refractivity contribution < 1.29 is 0 Å². The van der Waals surface area contributed by atoms with Gasteiger partial charge in [0, 0.05) is 5.71 Å². The van der Waals surface area contributed by atoms with E-state index in [4.69, 9.17) is 4.99 Å². The molecule has 0 aliphatic carbocycles. The normalized spacial score (nSPS) is 13.4. The van der Waals surface area contributed by atoms with Crippen molar-refractivity contribution in [2.75, 3.05) is 0 Å². The van der Waals surface area contributed by atoms with Crippen LogP contribution in [0.2, 0.25) is 0 Å². The van der Waals surface area contributed by atoms with Crippen LogP contribution in [0, 0.1) is 11.8 Å². The lowest BCUT2D eigenvalue weighted by atomic mass is 10.00. The van der Waals surface area contributed by atoms with Crippen molar-refractivity contribution in [1.29, 1.82) is 0 Å². The average molecular weight is 257 g/mol. The monoisotopic (exact) mass is 257 g/mol. The topological polar surface area (TPSA) is 12.4 Å². The van der Waals surface area contributed by atoms with E-state index in [1.165, 1.54) is 11.3 Å². The van der Waals surface area contributed by atoms with E-state index in [0.29, 0.717) is 11.8 Å². The summed E-state index contributed by atoms with van der Waals surface area (Å²) >= 11 is 0. The Hall–Kier alpha value is -1.37. The number of aliphatic imine (C=N–C) groups is 1. The zero-order valence-electron chi connectivity index (χ0n) is 13.0. The third kappa shape index (κ3) is 6.95. The Morgan fingerprint density at radius 2 is 1.58 bits per heavy atom. The lowest BCUT2D eigenvalue weighted by Crippen LogP contribution is -2.01. The molecule has 0 saturated heterocycles. The van der Waals surface area contributed by atoms with Crippen LogP contribution in [-0.4, -0.2) is 5.71 Å². The van der Waals surface area contributed by atoms with Gasteiger partial charge in [-0.25, -0.2) is 0 Å². The number of rotatable bonds is 6. The van der Waals surface area contributed by atoms with Crippen molar-refractivity contribution in [3.05, 3.63) is 42.0 Å². The van der Waals surface area contributed by atoms with Crippen LogP contribution in [0.15, 0.2) is 47.0 Å². The fourth-order valence-electron chi connectivity index (χ4n) is 2.21. The summed E-state index contributed by atoms with van der Waals surface area (Å²) in [6, 6.07) is 10.2. The fourth-order valence-corrected chi connectivity index (χ4v) is 2.21. The van der Waals surface area contributed by atoms with Gasteiger partial charge in [-0.15, -0.1) is 0 Å². The smallest absolute Gasteiger partial charge is 0.0632 e. The molecule has 0 heterocycles. The SMILES string of the molecule is CC(=CC(CC(C)C)=Nc1ccccc1)CC(C)C. The number of nitrogens with zero attached hydrogens (tertiary/aromatic N) is 1. The summed E-state index contributed by atoms with van der Waals surface area (Å²) in [6.07, 6.45) is 4.45. The number of hydrogen-bond acceptors (Lipinski definition) is 1. The minimum atomic E-state index is 0.630. The third-order valence-electron chi connectivity index (χ3n) is 2.79. The van der Waals surface area contributed by atoms with Crippen molar-refractivity contribution in [2.45, 2.75) is 47.5 Å². The van der Waals surface area contributed by atoms with Crippen LogP contribution in [0.5, 0.6) is 0 Å². The van der Waals surface area contributed by atoms with E-state index in [0.717, 1.165) is 18.5 Å². The van der Waals surface area contributed by atoms with Crippen molar-refractivity contribution in [3.8, 4) is 0 Å². The summed E-state index contributed by atoms with van der Waals surface area (Å²) in [6.45, 7) is 11.2. The molecule has 104 valence electrons. The number of allylic oxidation sites excluding steroid dienone is 2. The molecule has 0 spiro atoms. The second-order valence-corrected chi connectivity index (χ2v) is 6.13. The van der Waals surface area contributed by atoms with Crippen LogP contribution in [0.4, 0.5) is 5.69 Å². The minimum Gasteiger partial charge on any atom is -0.253 e. The first-order chi connectivity index (χ1) is 8.97. The predicted octanol–water partition coefficient (Wildman–Crippen LogP) is 5.80. The molecule has 0 N–H and O–H groups in total. The van der Waals surface area contributed by atoms with Crippen LogP contribution in [0.3, 0.4) is 0 Å². The molecule has 1 nitrogen and oxygen atoms in total. The Kier molecular flexibility index (Phi) is 6.55. The van der Waals surface area contributed by atoms with E-state index in [2.05, 4.69) is 52.8 Å². The Labute approximate surface area is 118 Å². The summed E-state index contributed by atoms with van der Waals surface area (Å²) in [5.74, 6) is 1.33. The summed E-state index contributed by atoms with van der Waals surface area (Å²) in [5, 5.41) is 0. The standard InChI is InChI=1S/C18H27N/c1-14(2)11-16(5)13-18(12-15(3)4)19-17-9-7-6-8-10-17/h6-10,13-15H,11-12H2,1-5H3. The molecule has 1 aromatic carbocycles. The van der Waals surface area contributed by atoms with Crippen LogP contribution in [0.25, 0.3) is 0 Å². The van der Waals surface area contributed by atoms with Gasteiger partial charge in [0.15, 0.2) is 0 Å². The van der Waals surface area contributed by atoms with Crippen molar-refractivity contribution >= 4 is 11.4 Å². The minimum absolute atomic E-state index is 0.630. The van der Waals surface area contributed by atoms with E-state index in [1.54, 1.807) is 0 Å². The molecule has 0 aromatic heterocycles. The molecular formula is C18H27N. The molecular weight excluding hydrogens is 230 g/mol. The summed E-state index contributed by atoms with van der Waals surface area (Å²) in [7, 11) is 0. The Morgan fingerprint density at radius 1 is 1.00 bits per heavy atom. The van der Waals surface area contributed by atoms with E-state index in [1.807, 2.05) is 18.2 Å². The highest BCUT2D eigenvalue weighted by atomic mass is 14.7. The third-order valence-corrected chi connectivity index (χ3v) is 2.79. The highest BCUT2D eigenvalue weighted by Crippen LogP contribution is 2.16. The van der Waals surface area contributed by atoms with Gasteiger partial charge in [-0.05, 0) is 49.8 Å². The van der Waals surface area contributed by atoms with Crippen LogP contribution >= 0.6 is 0 Å². The molecule has 0 unspecified atom stereocenters. The van der Waals surface area contributed by atoms with Crippen molar-refractivity contribution in [3.63, 3.8) is 0 Å². The van der Waals surface area contributed by atoms with Gasteiger partial charge in [0.25, 0.3) is 0 Å². The summed E-state index contributed by atoms with van der Waals surface area (Å²) in [4.78, 5) is 4.79. The van der Waals surface area contributed by atoms with Crippen LogP contribution in [-0.2, 0) is 0 Å². The first kappa shape index (κ1) is 15.7. The zero-order valence-corrected chi connectivity index (χ0v) is 13.0. The van der Waals surface area contributed by atoms with Gasteiger partial charge in [-0.2, -0.15) is 0 Å². The maximum atomic E-state index is 4.79. The quantitative estimate of drug-likeness (QED) is 0.571. The molecule has 0 bridgehead atoms. The van der Waals surface area contributed by atoms with Gasteiger partial charge >= 0.3 is 0 Å². The van der Waals surface area contributed by atoms with Crippen LogP contribution < -0.4 is 0 Å². The second kappa shape index (κ2) is 7.93. The highest BCUT2D eigenvalue weighted by molar-refractivity contribution is 5.97. The summed E-state index contributed by atoms with van der Waals surface area (Å²) < 4.78 is 0. The average Bonchev–Trinajstić information content (AvgIpc) is 2.27. The van der Waals surface area contributed by atoms with E-state index >= 15 is 0 Å². The molecule has 19 heavy (non-hydrogen) atoms. The molecule has 1 heteroatoms. The maximum Gasteiger partial charge on any atom is 0.0632 e. The molecule has 1 aromatic rings. The number of hydrogen-bond donors (Lipinski definition) is 0. The molecule has 0 atom stereocenters. The van der Waals surface area contributed by atoms with Crippen LogP contribution in [0.1, 0.15) is 47.5 Å². The Morgan fingerprint density at radius 3 is 2.11 bits per heavy atom. The lowest BCUT2D eigenvalue weighted by molar-refractivity contribution is 0.642. The van der Waals surface area contributed by atoms with Gasteiger partial charge in [-0.3, -0.25) is 4.99 Å². The van der Waals surface area contributed by atoms with E-state index in [-0.39, 0.29) is 0 Å². The molecule has 0 fully saturated rings. The first-order valence-corrected chi connectivity index (χ1v) is 7.27. The van der Waals surface area contributed by atoms with E-state index in [9.17, 15) is 0 Å². The molecule has 0 saturated carbocycles. The molecule has 0 aliphatic heterocycles. The zero-order chi connectivity index (χ0) is 14.3. The molecule has 1 rings (SSSR count). The maximum absolute atomic E-state index is 4.79. The van der Waals surface area contributed by atoms with Gasteiger partial charge < -0.3 is 0 Å². The summed E-state index contributed by atoms with van der Waals surface area (Å²) in [5.41, 5.74) is 3.66. The van der Waals surface area contributed by atoms with Gasteiger partial charge in [0.2, 0.25) is 0 Å². The number of para-hydroxylation sites is 1. The Balaban J connectivity index is 2.92. The van der Waals surface area contributed by atoms with E-state index < -0.39 is 0 Å². The van der Waals surface area contributed by atoms with Gasteiger partial charge in [-0.1, -0.05) is 51.5 Å².